The highest BCUT2D eigenvalue weighted by molar-refractivity contribution is 5.60. The maximum atomic E-state index is 11.0. The molecule has 0 fully saturated rings. The molecule has 21 heavy (non-hydrogen) atoms. The van der Waals surface area contributed by atoms with E-state index in [2.05, 4.69) is 25.2 Å². The second-order valence-corrected chi connectivity index (χ2v) is 6.39. The van der Waals surface area contributed by atoms with Crippen LogP contribution in [0.1, 0.15) is 37.8 Å². The Morgan fingerprint density at radius 1 is 1.29 bits per heavy atom. The lowest BCUT2D eigenvalue weighted by molar-refractivity contribution is -0.385. The fraction of sp³-hybridized carbons (Fsp3) is 0.529. The Morgan fingerprint density at radius 2 is 2.00 bits per heavy atom. The molecule has 0 saturated heterocycles. The third-order valence-electron chi connectivity index (χ3n) is 4.21. The first-order valence-electron chi connectivity index (χ1n) is 7.53. The summed E-state index contributed by atoms with van der Waals surface area (Å²) in [7, 11) is 0. The minimum Gasteiger partial charge on any atom is -0.384 e. The molecule has 1 aliphatic rings. The summed E-state index contributed by atoms with van der Waals surface area (Å²) in [4.78, 5) is 10.7. The van der Waals surface area contributed by atoms with Crippen LogP contribution in [-0.4, -0.2) is 11.5 Å². The molecule has 0 aliphatic heterocycles. The van der Waals surface area contributed by atoms with Gasteiger partial charge >= 0.3 is 0 Å². The van der Waals surface area contributed by atoms with Gasteiger partial charge in [-0.3, -0.25) is 10.1 Å². The molecular weight excluding hydrogens is 264 g/mol. The van der Waals surface area contributed by atoms with Gasteiger partial charge in [0, 0.05) is 23.9 Å². The minimum absolute atomic E-state index is 0.191. The summed E-state index contributed by atoms with van der Waals surface area (Å²) in [5.41, 5.74) is 4.30. The summed E-state index contributed by atoms with van der Waals surface area (Å²) in [5.74, 6) is 1.23. The second kappa shape index (κ2) is 6.29. The fourth-order valence-corrected chi connectivity index (χ4v) is 3.32. The van der Waals surface area contributed by atoms with Crippen LogP contribution < -0.4 is 5.32 Å². The quantitative estimate of drug-likeness (QED) is 0.500. The molecule has 4 nitrogen and oxygen atoms in total. The number of nitro groups is 1. The van der Waals surface area contributed by atoms with Crippen LogP contribution in [0.2, 0.25) is 0 Å². The number of anilines is 1. The van der Waals surface area contributed by atoms with Crippen molar-refractivity contribution in [3.8, 4) is 0 Å². The molecule has 0 heterocycles. The predicted octanol–water partition coefficient (Wildman–Crippen LogP) is 4.62. The van der Waals surface area contributed by atoms with Gasteiger partial charge in [0.25, 0.3) is 5.69 Å². The largest absolute Gasteiger partial charge is 0.384 e. The van der Waals surface area contributed by atoms with Gasteiger partial charge in [-0.15, -0.1) is 0 Å². The second-order valence-electron chi connectivity index (χ2n) is 6.39. The zero-order chi connectivity index (χ0) is 15.6. The Kier molecular flexibility index (Phi) is 4.66. The first kappa shape index (κ1) is 15.5. The molecule has 1 aromatic rings. The van der Waals surface area contributed by atoms with Crippen molar-refractivity contribution in [2.75, 3.05) is 11.9 Å². The normalized spacial score (nSPS) is 21.8. The van der Waals surface area contributed by atoms with Crippen molar-refractivity contribution in [2.45, 2.75) is 40.5 Å². The SMILES string of the molecule is CC1=CC(C)CC(CNc2cc([N+](=O)[O-])c(C)cc2C)C1. The summed E-state index contributed by atoms with van der Waals surface area (Å²) in [6, 6.07) is 3.55. The number of nitro benzene ring substituents is 1. The van der Waals surface area contributed by atoms with Crippen molar-refractivity contribution in [1.29, 1.82) is 0 Å². The van der Waals surface area contributed by atoms with Gasteiger partial charge < -0.3 is 5.32 Å². The zero-order valence-corrected chi connectivity index (χ0v) is 13.3. The molecule has 2 unspecified atom stereocenters. The van der Waals surface area contributed by atoms with E-state index in [4.69, 9.17) is 0 Å². The average Bonchev–Trinajstić information content (AvgIpc) is 2.36. The maximum Gasteiger partial charge on any atom is 0.274 e. The highest BCUT2D eigenvalue weighted by Crippen LogP contribution is 2.30. The van der Waals surface area contributed by atoms with Gasteiger partial charge in [-0.1, -0.05) is 18.6 Å². The lowest BCUT2D eigenvalue weighted by Gasteiger charge is -2.26. The lowest BCUT2D eigenvalue weighted by Crippen LogP contribution is -2.20. The van der Waals surface area contributed by atoms with Gasteiger partial charge in [0.15, 0.2) is 0 Å². The lowest BCUT2D eigenvalue weighted by atomic mass is 9.83. The molecule has 2 rings (SSSR count). The number of hydrogen-bond acceptors (Lipinski definition) is 3. The molecular formula is C17H24N2O2. The average molecular weight is 288 g/mol. The molecule has 0 spiro atoms. The summed E-state index contributed by atoms with van der Waals surface area (Å²) < 4.78 is 0. The third kappa shape index (κ3) is 3.84. The zero-order valence-electron chi connectivity index (χ0n) is 13.3. The van der Waals surface area contributed by atoms with Gasteiger partial charge in [-0.2, -0.15) is 0 Å². The standard InChI is InChI=1S/C17H24N2O2/c1-11-5-12(2)7-15(6-11)10-18-16-9-17(19(20)21)14(4)8-13(16)3/h5,8-9,11,15,18H,6-7,10H2,1-4H3. The van der Waals surface area contributed by atoms with Crippen molar-refractivity contribution in [3.63, 3.8) is 0 Å². The Balaban J connectivity index is 2.08. The highest BCUT2D eigenvalue weighted by Gasteiger charge is 2.19. The van der Waals surface area contributed by atoms with Crippen LogP contribution >= 0.6 is 0 Å². The topological polar surface area (TPSA) is 55.2 Å². The van der Waals surface area contributed by atoms with Crippen LogP contribution in [-0.2, 0) is 0 Å². The van der Waals surface area contributed by atoms with Gasteiger partial charge in [0.2, 0.25) is 0 Å². The maximum absolute atomic E-state index is 11.0. The Bertz CT molecular complexity index is 578. The number of nitrogens with one attached hydrogen (secondary N) is 1. The molecule has 114 valence electrons. The van der Waals surface area contributed by atoms with E-state index in [-0.39, 0.29) is 10.6 Å². The minimum atomic E-state index is -0.310. The molecule has 1 N–H and O–H groups in total. The number of allylic oxidation sites excluding steroid dienone is 2. The van der Waals surface area contributed by atoms with E-state index in [0.29, 0.717) is 17.4 Å². The molecule has 0 aromatic heterocycles. The van der Waals surface area contributed by atoms with E-state index < -0.39 is 0 Å². The van der Waals surface area contributed by atoms with Crippen LogP contribution in [0.3, 0.4) is 0 Å². The summed E-state index contributed by atoms with van der Waals surface area (Å²) >= 11 is 0. The van der Waals surface area contributed by atoms with Crippen molar-refractivity contribution in [1.82, 2.24) is 0 Å². The van der Waals surface area contributed by atoms with Gasteiger partial charge in [-0.25, -0.2) is 0 Å². The summed E-state index contributed by atoms with van der Waals surface area (Å²) in [5, 5.41) is 14.5. The summed E-state index contributed by atoms with van der Waals surface area (Å²) in [6.07, 6.45) is 4.64. The first-order chi connectivity index (χ1) is 9.86. The Labute approximate surface area is 126 Å². The number of rotatable bonds is 4. The van der Waals surface area contributed by atoms with E-state index in [0.717, 1.165) is 24.2 Å². The molecule has 0 amide bonds. The van der Waals surface area contributed by atoms with Crippen LogP contribution in [0, 0.1) is 35.8 Å². The first-order valence-corrected chi connectivity index (χ1v) is 7.53. The van der Waals surface area contributed by atoms with Crippen molar-refractivity contribution < 1.29 is 4.92 Å². The molecule has 0 bridgehead atoms. The van der Waals surface area contributed by atoms with Crippen LogP contribution in [0.25, 0.3) is 0 Å². The van der Waals surface area contributed by atoms with E-state index >= 15 is 0 Å². The van der Waals surface area contributed by atoms with E-state index in [9.17, 15) is 10.1 Å². The van der Waals surface area contributed by atoms with Crippen molar-refractivity contribution in [3.05, 3.63) is 45.0 Å². The number of aryl methyl sites for hydroxylation is 2. The molecule has 4 heteroatoms. The Morgan fingerprint density at radius 3 is 2.62 bits per heavy atom. The molecule has 1 aliphatic carbocycles. The fourth-order valence-electron chi connectivity index (χ4n) is 3.32. The van der Waals surface area contributed by atoms with Crippen LogP contribution in [0.15, 0.2) is 23.8 Å². The molecule has 1 aromatic carbocycles. The third-order valence-corrected chi connectivity index (χ3v) is 4.21. The van der Waals surface area contributed by atoms with Crippen molar-refractivity contribution >= 4 is 11.4 Å². The van der Waals surface area contributed by atoms with Gasteiger partial charge in [0.1, 0.15) is 0 Å². The van der Waals surface area contributed by atoms with Crippen molar-refractivity contribution in [2.24, 2.45) is 11.8 Å². The van der Waals surface area contributed by atoms with Gasteiger partial charge in [-0.05, 0) is 57.1 Å². The highest BCUT2D eigenvalue weighted by atomic mass is 16.6. The molecule has 0 radical (unpaired) electrons. The number of benzene rings is 1. The predicted molar refractivity (Wildman–Crippen MR) is 86.7 cm³/mol. The Hall–Kier alpha value is -1.84. The van der Waals surface area contributed by atoms with Gasteiger partial charge in [0.05, 0.1) is 4.92 Å². The smallest absolute Gasteiger partial charge is 0.274 e. The number of hydrogen-bond donors (Lipinski definition) is 1. The van der Waals surface area contributed by atoms with Crippen LogP contribution in [0.4, 0.5) is 11.4 Å². The molecule has 0 saturated carbocycles. The molecule has 2 atom stereocenters. The monoisotopic (exact) mass is 288 g/mol. The van der Waals surface area contributed by atoms with Crippen LogP contribution in [0.5, 0.6) is 0 Å². The van der Waals surface area contributed by atoms with E-state index in [1.54, 1.807) is 13.0 Å². The number of nitrogens with zero attached hydrogens (tertiary/aromatic N) is 1. The summed E-state index contributed by atoms with van der Waals surface area (Å²) in [6.45, 7) is 9.08. The van der Waals surface area contributed by atoms with E-state index in [1.807, 2.05) is 13.0 Å². The van der Waals surface area contributed by atoms with E-state index in [1.165, 1.54) is 12.0 Å².